The third kappa shape index (κ3) is 5.17. The number of benzene rings is 2. The molecule has 0 fully saturated rings. The fraction of sp³-hybridized carbons (Fsp3) is 0.0667. The quantitative estimate of drug-likeness (QED) is 0.493. The summed E-state index contributed by atoms with van der Waals surface area (Å²) in [4.78, 5) is 0. The van der Waals surface area contributed by atoms with Crippen molar-refractivity contribution in [3.8, 4) is 5.75 Å². The van der Waals surface area contributed by atoms with E-state index in [4.69, 9.17) is 17.0 Å². The molecule has 0 aliphatic carbocycles. The molecule has 2 N–H and O–H groups in total. The van der Waals surface area contributed by atoms with E-state index in [2.05, 4.69) is 31.8 Å². The van der Waals surface area contributed by atoms with Crippen LogP contribution in [0.25, 0.3) is 0 Å². The van der Waals surface area contributed by atoms with Crippen molar-refractivity contribution >= 4 is 45.2 Å². The van der Waals surface area contributed by atoms with Crippen molar-refractivity contribution in [3.63, 3.8) is 0 Å². The van der Waals surface area contributed by atoms with E-state index < -0.39 is 0 Å². The first-order chi connectivity index (χ1) is 10.2. The summed E-state index contributed by atoms with van der Waals surface area (Å²) in [5, 5.41) is 7.54. The maximum atomic E-state index is 5.16. The van der Waals surface area contributed by atoms with E-state index in [1.807, 2.05) is 48.5 Å². The van der Waals surface area contributed by atoms with Gasteiger partial charge in [-0.3, -0.25) is 5.43 Å². The highest BCUT2D eigenvalue weighted by Gasteiger charge is 1.97. The molecule has 21 heavy (non-hydrogen) atoms. The number of nitrogens with one attached hydrogen (secondary N) is 2. The summed E-state index contributed by atoms with van der Waals surface area (Å²) < 4.78 is 6.13. The van der Waals surface area contributed by atoms with Crippen LogP contribution in [0.4, 0.5) is 5.69 Å². The topological polar surface area (TPSA) is 45.6 Å². The second kappa shape index (κ2) is 7.75. The average Bonchev–Trinajstić information content (AvgIpc) is 2.50. The minimum Gasteiger partial charge on any atom is -0.497 e. The first-order valence-corrected chi connectivity index (χ1v) is 7.37. The van der Waals surface area contributed by atoms with Gasteiger partial charge in [-0.15, -0.1) is 0 Å². The molecule has 0 aliphatic heterocycles. The second-order valence-corrected chi connectivity index (χ2v) is 5.43. The van der Waals surface area contributed by atoms with E-state index in [-0.39, 0.29) is 0 Å². The number of methoxy groups -OCH3 is 1. The second-order valence-electron chi connectivity index (χ2n) is 4.10. The molecule has 0 heterocycles. The number of anilines is 1. The molecule has 0 aromatic heterocycles. The van der Waals surface area contributed by atoms with Crippen molar-refractivity contribution < 1.29 is 4.74 Å². The lowest BCUT2D eigenvalue weighted by molar-refractivity contribution is 0.415. The van der Waals surface area contributed by atoms with Crippen molar-refractivity contribution in [2.75, 3.05) is 12.4 Å². The normalized spacial score (nSPS) is 10.4. The lowest BCUT2D eigenvalue weighted by Crippen LogP contribution is -2.23. The molecule has 2 aromatic rings. The van der Waals surface area contributed by atoms with Crippen LogP contribution in [0.3, 0.4) is 0 Å². The monoisotopic (exact) mass is 363 g/mol. The van der Waals surface area contributed by atoms with Gasteiger partial charge in [0, 0.05) is 10.2 Å². The van der Waals surface area contributed by atoms with Crippen molar-refractivity contribution in [2.45, 2.75) is 0 Å². The van der Waals surface area contributed by atoms with Gasteiger partial charge in [0.05, 0.1) is 13.3 Å². The highest BCUT2D eigenvalue weighted by molar-refractivity contribution is 9.10. The van der Waals surface area contributed by atoms with Crippen molar-refractivity contribution in [1.29, 1.82) is 0 Å². The van der Waals surface area contributed by atoms with Gasteiger partial charge >= 0.3 is 0 Å². The van der Waals surface area contributed by atoms with Crippen LogP contribution in [-0.2, 0) is 0 Å². The highest BCUT2D eigenvalue weighted by Crippen LogP contribution is 2.14. The Morgan fingerprint density at radius 2 is 1.81 bits per heavy atom. The van der Waals surface area contributed by atoms with Crippen LogP contribution in [-0.4, -0.2) is 18.4 Å². The van der Waals surface area contributed by atoms with Crippen LogP contribution >= 0.6 is 28.1 Å². The first kappa shape index (κ1) is 15.5. The largest absolute Gasteiger partial charge is 0.497 e. The van der Waals surface area contributed by atoms with Gasteiger partial charge in [0.25, 0.3) is 0 Å². The molecule has 0 radical (unpaired) electrons. The molecule has 108 valence electrons. The minimum atomic E-state index is 0.425. The van der Waals surface area contributed by atoms with Gasteiger partial charge in [0.15, 0.2) is 5.11 Å². The summed E-state index contributed by atoms with van der Waals surface area (Å²) in [5.74, 6) is 0.799. The molecule has 0 bridgehead atoms. The molecule has 2 rings (SSSR count). The zero-order valence-corrected chi connectivity index (χ0v) is 13.7. The SMILES string of the molecule is COc1ccc(NC(=S)N/N=C\c2ccc(Br)cc2)cc1. The number of rotatable bonds is 4. The summed E-state index contributed by atoms with van der Waals surface area (Å²) in [6.45, 7) is 0. The molecule has 0 saturated heterocycles. The Balaban J connectivity index is 1.85. The van der Waals surface area contributed by atoms with E-state index in [0.29, 0.717) is 5.11 Å². The number of nitrogens with zero attached hydrogens (tertiary/aromatic N) is 1. The van der Waals surface area contributed by atoms with Gasteiger partial charge in [0.2, 0.25) is 0 Å². The molecule has 4 nitrogen and oxygen atoms in total. The smallest absolute Gasteiger partial charge is 0.191 e. The van der Waals surface area contributed by atoms with Gasteiger partial charge in [-0.05, 0) is 54.2 Å². The maximum Gasteiger partial charge on any atom is 0.191 e. The zero-order valence-electron chi connectivity index (χ0n) is 11.3. The third-order valence-corrected chi connectivity index (χ3v) is 3.32. The Morgan fingerprint density at radius 3 is 2.43 bits per heavy atom. The molecule has 2 aromatic carbocycles. The van der Waals surface area contributed by atoms with E-state index in [0.717, 1.165) is 21.5 Å². The Labute approximate surface area is 137 Å². The molecular formula is C15H14BrN3OS. The summed E-state index contributed by atoms with van der Waals surface area (Å²) in [5.41, 5.74) is 4.62. The van der Waals surface area contributed by atoms with E-state index in [9.17, 15) is 0 Å². The van der Waals surface area contributed by atoms with Gasteiger partial charge < -0.3 is 10.1 Å². The average molecular weight is 364 g/mol. The van der Waals surface area contributed by atoms with E-state index >= 15 is 0 Å². The van der Waals surface area contributed by atoms with Gasteiger partial charge in [-0.1, -0.05) is 28.1 Å². The Bertz CT molecular complexity index is 626. The van der Waals surface area contributed by atoms with Gasteiger partial charge in [-0.2, -0.15) is 5.10 Å². The Morgan fingerprint density at radius 1 is 1.14 bits per heavy atom. The van der Waals surface area contributed by atoms with Crippen molar-refractivity contribution in [2.24, 2.45) is 5.10 Å². The molecule has 0 unspecified atom stereocenters. The summed E-state index contributed by atoms with van der Waals surface area (Å²) >= 11 is 8.54. The van der Waals surface area contributed by atoms with E-state index in [1.54, 1.807) is 13.3 Å². The molecule has 0 amide bonds. The molecular weight excluding hydrogens is 350 g/mol. The van der Waals surface area contributed by atoms with Crippen molar-refractivity contribution in [1.82, 2.24) is 5.43 Å². The maximum absolute atomic E-state index is 5.16. The fourth-order valence-corrected chi connectivity index (χ4v) is 1.98. The predicted molar refractivity (Wildman–Crippen MR) is 94.1 cm³/mol. The van der Waals surface area contributed by atoms with Crippen LogP contribution in [0.2, 0.25) is 0 Å². The molecule has 0 saturated carbocycles. The number of halogens is 1. The predicted octanol–water partition coefficient (Wildman–Crippen LogP) is 3.78. The van der Waals surface area contributed by atoms with Crippen LogP contribution in [0.1, 0.15) is 5.56 Å². The number of hydrogen-bond acceptors (Lipinski definition) is 3. The number of thiocarbonyl (C=S) groups is 1. The van der Waals surface area contributed by atoms with Crippen molar-refractivity contribution in [3.05, 3.63) is 58.6 Å². The molecule has 0 spiro atoms. The van der Waals surface area contributed by atoms with E-state index in [1.165, 1.54) is 0 Å². The van der Waals surface area contributed by atoms with Crippen LogP contribution in [0, 0.1) is 0 Å². The Hall–Kier alpha value is -1.92. The lowest BCUT2D eigenvalue weighted by atomic mass is 10.2. The van der Waals surface area contributed by atoms with Crippen LogP contribution in [0.5, 0.6) is 5.75 Å². The van der Waals surface area contributed by atoms with Crippen LogP contribution < -0.4 is 15.5 Å². The zero-order chi connectivity index (χ0) is 15.1. The molecule has 0 atom stereocenters. The lowest BCUT2D eigenvalue weighted by Gasteiger charge is -2.07. The first-order valence-electron chi connectivity index (χ1n) is 6.17. The minimum absolute atomic E-state index is 0.425. The fourth-order valence-electron chi connectivity index (χ4n) is 1.55. The summed E-state index contributed by atoms with van der Waals surface area (Å²) in [6.07, 6.45) is 1.70. The van der Waals surface area contributed by atoms with Crippen LogP contribution in [0.15, 0.2) is 58.1 Å². The Kier molecular flexibility index (Phi) is 5.71. The van der Waals surface area contributed by atoms with Gasteiger partial charge in [-0.25, -0.2) is 0 Å². The number of ether oxygens (including phenoxy) is 1. The number of hydrazone groups is 1. The molecule has 0 aliphatic rings. The third-order valence-electron chi connectivity index (χ3n) is 2.60. The molecule has 6 heteroatoms. The summed E-state index contributed by atoms with van der Waals surface area (Å²) in [7, 11) is 1.63. The standard InChI is InChI=1S/C15H14BrN3OS/c1-20-14-8-6-13(7-9-14)18-15(21)19-17-10-11-2-4-12(16)5-3-11/h2-10H,1H3,(H2,18,19,21)/b17-10-. The summed E-state index contributed by atoms with van der Waals surface area (Å²) in [6, 6.07) is 15.3. The highest BCUT2D eigenvalue weighted by atomic mass is 79.9. The van der Waals surface area contributed by atoms with Gasteiger partial charge in [0.1, 0.15) is 5.75 Å². The number of hydrogen-bond donors (Lipinski definition) is 2.